The van der Waals surface area contributed by atoms with Crippen LogP contribution in [0.4, 0.5) is 5.82 Å². The molecule has 3 aliphatic rings. The van der Waals surface area contributed by atoms with Crippen molar-refractivity contribution < 1.29 is 4.74 Å². The van der Waals surface area contributed by atoms with Gasteiger partial charge in [-0.3, -0.25) is 9.80 Å². The number of anilines is 1. The normalized spacial score (nSPS) is 18.8. The molecule has 1 aromatic heterocycles. The smallest absolute Gasteiger partial charge is 0.161 e. The predicted octanol–water partition coefficient (Wildman–Crippen LogP) is 4.43. The number of fused-ring (bicyclic) bond motifs is 1. The molecule has 2 fully saturated rings. The molecule has 2 saturated heterocycles. The zero-order chi connectivity index (χ0) is 26.3. The molecule has 3 aliphatic heterocycles. The summed E-state index contributed by atoms with van der Waals surface area (Å²) in [4.78, 5) is 17.8. The molecule has 4 heterocycles. The number of nitrogens with one attached hydrogen (secondary N) is 1. The van der Waals surface area contributed by atoms with Crippen LogP contribution in [0.3, 0.4) is 0 Å². The summed E-state index contributed by atoms with van der Waals surface area (Å²) in [5.41, 5.74) is 6.23. The maximum absolute atomic E-state index is 5.50. The monoisotopic (exact) mass is 526 g/mol. The van der Waals surface area contributed by atoms with Gasteiger partial charge >= 0.3 is 0 Å². The Morgan fingerprint density at radius 1 is 0.744 bits per heavy atom. The third kappa shape index (κ3) is 7.03. The minimum atomic E-state index is 0.829. The van der Waals surface area contributed by atoms with Gasteiger partial charge in [-0.25, -0.2) is 9.97 Å². The molecular formula is C32H42N6O. The highest BCUT2D eigenvalue weighted by Crippen LogP contribution is 2.28. The number of likely N-dealkylation sites (tertiary alicyclic amines) is 1. The van der Waals surface area contributed by atoms with Gasteiger partial charge in [-0.2, -0.15) is 0 Å². The number of aromatic nitrogens is 2. The lowest BCUT2D eigenvalue weighted by Gasteiger charge is -2.29. The highest BCUT2D eigenvalue weighted by molar-refractivity contribution is 5.60. The number of nitrogens with zero attached hydrogens (tertiary/aromatic N) is 5. The minimum Gasteiger partial charge on any atom is -0.379 e. The van der Waals surface area contributed by atoms with Crippen molar-refractivity contribution in [2.45, 2.75) is 45.3 Å². The fourth-order valence-electron chi connectivity index (χ4n) is 6.03. The first-order valence-electron chi connectivity index (χ1n) is 14.8. The van der Waals surface area contributed by atoms with Gasteiger partial charge in [-0.1, -0.05) is 54.6 Å². The maximum atomic E-state index is 5.50. The molecule has 0 saturated carbocycles. The molecule has 0 radical (unpaired) electrons. The summed E-state index contributed by atoms with van der Waals surface area (Å²) in [7, 11) is 0. The number of hydrogen-bond acceptors (Lipinski definition) is 7. The molecule has 2 aromatic carbocycles. The van der Waals surface area contributed by atoms with E-state index in [4.69, 9.17) is 14.7 Å². The Bertz CT molecular complexity index is 1190. The van der Waals surface area contributed by atoms with Crippen LogP contribution in [0.15, 0.2) is 54.6 Å². The molecule has 39 heavy (non-hydrogen) atoms. The lowest BCUT2D eigenvalue weighted by molar-refractivity contribution is 0.0342. The van der Waals surface area contributed by atoms with Gasteiger partial charge in [0.2, 0.25) is 0 Å². The van der Waals surface area contributed by atoms with E-state index in [9.17, 15) is 0 Å². The van der Waals surface area contributed by atoms with Crippen LogP contribution in [0.2, 0.25) is 0 Å². The van der Waals surface area contributed by atoms with Gasteiger partial charge in [0.05, 0.1) is 18.9 Å². The topological polar surface area (TPSA) is 56.8 Å². The third-order valence-corrected chi connectivity index (χ3v) is 8.26. The van der Waals surface area contributed by atoms with Gasteiger partial charge in [0.15, 0.2) is 5.82 Å². The summed E-state index contributed by atoms with van der Waals surface area (Å²) >= 11 is 0. The Labute approximate surface area is 233 Å². The number of rotatable bonds is 10. The van der Waals surface area contributed by atoms with Crippen molar-refractivity contribution >= 4 is 5.82 Å². The average Bonchev–Trinajstić information content (AvgIpc) is 3.50. The predicted molar refractivity (Wildman–Crippen MR) is 157 cm³/mol. The van der Waals surface area contributed by atoms with E-state index in [1.54, 1.807) is 0 Å². The zero-order valence-corrected chi connectivity index (χ0v) is 23.2. The molecule has 0 bridgehead atoms. The van der Waals surface area contributed by atoms with E-state index in [0.29, 0.717) is 0 Å². The van der Waals surface area contributed by atoms with Crippen LogP contribution >= 0.6 is 0 Å². The highest BCUT2D eigenvalue weighted by atomic mass is 16.5. The van der Waals surface area contributed by atoms with Gasteiger partial charge in [0, 0.05) is 56.9 Å². The Hall–Kier alpha value is -2.84. The van der Waals surface area contributed by atoms with Crippen molar-refractivity contribution in [2.24, 2.45) is 0 Å². The number of ether oxygens (including phenoxy) is 1. The van der Waals surface area contributed by atoms with E-state index in [1.807, 2.05) is 0 Å². The zero-order valence-electron chi connectivity index (χ0n) is 23.2. The summed E-state index contributed by atoms with van der Waals surface area (Å²) in [5, 5.41) is 3.72. The van der Waals surface area contributed by atoms with E-state index in [2.05, 4.69) is 74.6 Å². The fourth-order valence-corrected chi connectivity index (χ4v) is 6.03. The standard InChI is InChI=1S/C32H42N6O/c1-2-7-26(8-3-1)24-38-18-13-29-30(25-38)34-31(35-32(29)33-14-6-17-36-15-4-5-16-36)28-11-9-27(10-12-28)23-37-19-21-39-22-20-37/h1-3,7-12H,4-6,13-25H2,(H,33,34,35). The van der Waals surface area contributed by atoms with E-state index in [-0.39, 0.29) is 0 Å². The molecule has 7 heteroatoms. The number of benzene rings is 2. The van der Waals surface area contributed by atoms with Crippen LogP contribution in [0, 0.1) is 0 Å². The lowest BCUT2D eigenvalue weighted by atomic mass is 10.0. The van der Waals surface area contributed by atoms with Crippen LogP contribution < -0.4 is 5.32 Å². The molecule has 0 unspecified atom stereocenters. The van der Waals surface area contributed by atoms with Crippen molar-refractivity contribution in [2.75, 3.05) is 64.3 Å². The van der Waals surface area contributed by atoms with Gasteiger partial charge in [-0.15, -0.1) is 0 Å². The van der Waals surface area contributed by atoms with E-state index >= 15 is 0 Å². The van der Waals surface area contributed by atoms with Gasteiger partial charge in [0.25, 0.3) is 0 Å². The minimum absolute atomic E-state index is 0.829. The largest absolute Gasteiger partial charge is 0.379 e. The molecule has 0 aliphatic carbocycles. The quantitative estimate of drug-likeness (QED) is 0.392. The van der Waals surface area contributed by atoms with Crippen molar-refractivity contribution in [1.29, 1.82) is 0 Å². The van der Waals surface area contributed by atoms with Crippen LogP contribution in [-0.2, 0) is 30.8 Å². The number of morpholine rings is 1. The van der Waals surface area contributed by atoms with Gasteiger partial charge < -0.3 is 15.0 Å². The van der Waals surface area contributed by atoms with Crippen molar-refractivity contribution in [3.8, 4) is 11.4 Å². The van der Waals surface area contributed by atoms with Crippen molar-refractivity contribution in [3.63, 3.8) is 0 Å². The Morgan fingerprint density at radius 2 is 1.49 bits per heavy atom. The summed E-state index contributed by atoms with van der Waals surface area (Å²) in [6, 6.07) is 19.6. The van der Waals surface area contributed by atoms with Gasteiger partial charge in [0.1, 0.15) is 5.82 Å². The summed E-state index contributed by atoms with van der Waals surface area (Å²) in [6.07, 6.45) is 4.82. The molecule has 3 aromatic rings. The van der Waals surface area contributed by atoms with E-state index in [0.717, 1.165) is 89.1 Å². The first-order chi connectivity index (χ1) is 19.3. The summed E-state index contributed by atoms with van der Waals surface area (Å²) < 4.78 is 5.50. The summed E-state index contributed by atoms with van der Waals surface area (Å²) in [6.45, 7) is 12.1. The first kappa shape index (κ1) is 26.4. The fraction of sp³-hybridized carbons (Fsp3) is 0.500. The second-order valence-electron chi connectivity index (χ2n) is 11.2. The first-order valence-corrected chi connectivity index (χ1v) is 14.8. The molecule has 7 nitrogen and oxygen atoms in total. The summed E-state index contributed by atoms with van der Waals surface area (Å²) in [5.74, 6) is 1.86. The van der Waals surface area contributed by atoms with E-state index in [1.165, 1.54) is 54.9 Å². The van der Waals surface area contributed by atoms with Crippen LogP contribution in [0.25, 0.3) is 11.4 Å². The van der Waals surface area contributed by atoms with Crippen LogP contribution in [-0.4, -0.2) is 83.7 Å². The van der Waals surface area contributed by atoms with Crippen LogP contribution in [0.5, 0.6) is 0 Å². The van der Waals surface area contributed by atoms with Crippen LogP contribution in [0.1, 0.15) is 41.6 Å². The van der Waals surface area contributed by atoms with E-state index < -0.39 is 0 Å². The Kier molecular flexibility index (Phi) is 8.80. The second kappa shape index (κ2) is 13.0. The van der Waals surface area contributed by atoms with Crippen molar-refractivity contribution in [1.82, 2.24) is 24.7 Å². The molecule has 0 amide bonds. The maximum Gasteiger partial charge on any atom is 0.161 e. The molecule has 6 rings (SSSR count). The van der Waals surface area contributed by atoms with Crippen molar-refractivity contribution in [3.05, 3.63) is 77.0 Å². The Morgan fingerprint density at radius 3 is 2.28 bits per heavy atom. The molecule has 0 spiro atoms. The number of hydrogen-bond donors (Lipinski definition) is 1. The lowest BCUT2D eigenvalue weighted by Crippen LogP contribution is -2.35. The second-order valence-corrected chi connectivity index (χ2v) is 11.2. The highest BCUT2D eigenvalue weighted by Gasteiger charge is 2.23. The third-order valence-electron chi connectivity index (χ3n) is 8.26. The Balaban J connectivity index is 1.18. The molecular weight excluding hydrogens is 484 g/mol. The molecule has 0 atom stereocenters. The SMILES string of the molecule is c1ccc(CN2CCc3c(nc(-c4ccc(CN5CCOCC5)cc4)nc3NCCCN3CCCC3)C2)cc1. The van der Waals surface area contributed by atoms with Gasteiger partial charge in [-0.05, 0) is 56.4 Å². The molecule has 1 N–H and O–H groups in total. The average molecular weight is 527 g/mol. The molecule has 206 valence electrons.